The summed E-state index contributed by atoms with van der Waals surface area (Å²) in [5.41, 5.74) is -1.57. The van der Waals surface area contributed by atoms with Crippen LogP contribution in [0, 0.1) is 5.41 Å². The number of alkyl halides is 3. The molecule has 1 aromatic rings. The number of aliphatic hydroxyl groups is 1. The molecule has 3 nitrogen and oxygen atoms in total. The maximum Gasteiger partial charge on any atom is 0.416 e. The Bertz CT molecular complexity index is 565. The fraction of sp³-hybridized carbons (Fsp3) is 0.647. The van der Waals surface area contributed by atoms with Gasteiger partial charge in [0.05, 0.1) is 17.8 Å². The van der Waals surface area contributed by atoms with Crippen molar-refractivity contribution in [1.82, 2.24) is 4.90 Å². The van der Waals surface area contributed by atoms with E-state index in [1.165, 1.54) is 6.07 Å². The third-order valence-electron chi connectivity index (χ3n) is 5.05. The Labute approximate surface area is 134 Å². The predicted octanol–water partition coefficient (Wildman–Crippen LogP) is 3.03. The highest BCUT2D eigenvalue weighted by molar-refractivity contribution is 5.30. The van der Waals surface area contributed by atoms with Gasteiger partial charge in [-0.25, -0.2) is 0 Å². The molecule has 0 amide bonds. The Morgan fingerprint density at radius 3 is 2.65 bits per heavy atom. The molecule has 2 aliphatic heterocycles. The molecule has 2 aliphatic rings. The minimum absolute atomic E-state index is 0.171. The SMILES string of the molecule is CC(O)(CN1CCC2(CCOC2)C1)c1cccc(C(F)(F)F)c1. The number of hydrogen-bond acceptors (Lipinski definition) is 3. The van der Waals surface area contributed by atoms with E-state index in [0.717, 1.165) is 51.3 Å². The van der Waals surface area contributed by atoms with Gasteiger partial charge in [-0.1, -0.05) is 12.1 Å². The molecule has 128 valence electrons. The first kappa shape index (κ1) is 16.7. The summed E-state index contributed by atoms with van der Waals surface area (Å²) >= 11 is 0. The quantitative estimate of drug-likeness (QED) is 0.925. The summed E-state index contributed by atoms with van der Waals surface area (Å²) in [5.74, 6) is 0. The van der Waals surface area contributed by atoms with Gasteiger partial charge in [-0.3, -0.25) is 4.90 Å². The average Bonchev–Trinajstić information content (AvgIpc) is 3.08. The standard InChI is InChI=1S/C17H22F3NO2/c1-15(22,13-3-2-4-14(9-13)17(18,19)20)10-21-7-5-16(11-21)6-8-23-12-16/h2-4,9,22H,5-8,10-12H2,1H3. The van der Waals surface area contributed by atoms with Crippen LogP contribution in [0.2, 0.25) is 0 Å². The molecular weight excluding hydrogens is 307 g/mol. The van der Waals surface area contributed by atoms with Gasteiger partial charge in [0.25, 0.3) is 0 Å². The molecule has 0 saturated carbocycles. The Hall–Kier alpha value is -1.11. The van der Waals surface area contributed by atoms with E-state index in [1.54, 1.807) is 13.0 Å². The van der Waals surface area contributed by atoms with Crippen LogP contribution in [0.4, 0.5) is 13.2 Å². The summed E-state index contributed by atoms with van der Waals surface area (Å²) in [6.07, 6.45) is -2.36. The van der Waals surface area contributed by atoms with Crippen molar-refractivity contribution in [3.63, 3.8) is 0 Å². The summed E-state index contributed by atoms with van der Waals surface area (Å²) < 4.78 is 44.0. The normalized spacial score (nSPS) is 28.4. The molecule has 1 aromatic carbocycles. The lowest BCUT2D eigenvalue weighted by atomic mass is 9.87. The van der Waals surface area contributed by atoms with Gasteiger partial charge in [0.2, 0.25) is 0 Å². The predicted molar refractivity (Wildman–Crippen MR) is 79.9 cm³/mol. The van der Waals surface area contributed by atoms with E-state index in [2.05, 4.69) is 4.90 Å². The largest absolute Gasteiger partial charge is 0.416 e. The lowest BCUT2D eigenvalue weighted by molar-refractivity contribution is -0.137. The third-order valence-corrected chi connectivity index (χ3v) is 5.05. The van der Waals surface area contributed by atoms with Gasteiger partial charge in [0.1, 0.15) is 0 Å². The smallest absolute Gasteiger partial charge is 0.384 e. The van der Waals surface area contributed by atoms with Crippen LogP contribution in [0.5, 0.6) is 0 Å². The van der Waals surface area contributed by atoms with Crippen LogP contribution >= 0.6 is 0 Å². The molecule has 2 unspecified atom stereocenters. The van der Waals surface area contributed by atoms with Crippen LogP contribution in [0.15, 0.2) is 24.3 Å². The zero-order valence-electron chi connectivity index (χ0n) is 13.2. The highest BCUT2D eigenvalue weighted by Gasteiger charge is 2.43. The summed E-state index contributed by atoms with van der Waals surface area (Å²) in [6.45, 7) is 5.11. The van der Waals surface area contributed by atoms with Gasteiger partial charge in [0.15, 0.2) is 0 Å². The van der Waals surface area contributed by atoms with Gasteiger partial charge >= 0.3 is 6.18 Å². The Morgan fingerprint density at radius 2 is 2.00 bits per heavy atom. The Kier molecular flexibility index (Phi) is 4.19. The van der Waals surface area contributed by atoms with Gasteiger partial charge < -0.3 is 9.84 Å². The van der Waals surface area contributed by atoms with E-state index >= 15 is 0 Å². The molecule has 23 heavy (non-hydrogen) atoms. The molecule has 0 bridgehead atoms. The third kappa shape index (κ3) is 3.54. The second kappa shape index (κ2) is 5.76. The maximum atomic E-state index is 12.9. The maximum absolute atomic E-state index is 12.9. The van der Waals surface area contributed by atoms with Crippen LogP contribution in [0.3, 0.4) is 0 Å². The number of halogens is 3. The molecule has 6 heteroatoms. The van der Waals surface area contributed by atoms with Crippen molar-refractivity contribution in [3.05, 3.63) is 35.4 Å². The van der Waals surface area contributed by atoms with Crippen molar-refractivity contribution in [2.24, 2.45) is 5.41 Å². The molecular formula is C17H22F3NO2. The lowest BCUT2D eigenvalue weighted by Crippen LogP contribution is -2.39. The van der Waals surface area contributed by atoms with Crippen molar-refractivity contribution in [2.45, 2.75) is 31.5 Å². The lowest BCUT2D eigenvalue weighted by Gasteiger charge is -2.31. The number of ether oxygens (including phenoxy) is 1. The van der Waals surface area contributed by atoms with Crippen molar-refractivity contribution in [3.8, 4) is 0 Å². The van der Waals surface area contributed by atoms with E-state index in [9.17, 15) is 18.3 Å². The molecule has 0 aliphatic carbocycles. The topological polar surface area (TPSA) is 32.7 Å². The first-order valence-corrected chi connectivity index (χ1v) is 7.91. The molecule has 1 spiro atoms. The molecule has 3 rings (SSSR count). The van der Waals surface area contributed by atoms with Crippen LogP contribution in [0.25, 0.3) is 0 Å². The van der Waals surface area contributed by atoms with E-state index in [1.807, 2.05) is 0 Å². The molecule has 2 atom stereocenters. The highest BCUT2D eigenvalue weighted by Crippen LogP contribution is 2.39. The second-order valence-corrected chi connectivity index (χ2v) is 7.12. The van der Waals surface area contributed by atoms with E-state index in [0.29, 0.717) is 12.1 Å². The van der Waals surface area contributed by atoms with Crippen molar-refractivity contribution >= 4 is 0 Å². The summed E-state index contributed by atoms with van der Waals surface area (Å²) in [4.78, 5) is 2.13. The van der Waals surface area contributed by atoms with Gasteiger partial charge in [-0.2, -0.15) is 13.2 Å². The Morgan fingerprint density at radius 1 is 1.26 bits per heavy atom. The zero-order chi connectivity index (χ0) is 16.7. The first-order chi connectivity index (χ1) is 10.7. The first-order valence-electron chi connectivity index (χ1n) is 7.91. The molecule has 0 radical (unpaired) electrons. The second-order valence-electron chi connectivity index (χ2n) is 7.12. The number of rotatable bonds is 3. The van der Waals surface area contributed by atoms with Crippen molar-refractivity contribution < 1.29 is 23.0 Å². The molecule has 2 heterocycles. The fourth-order valence-corrected chi connectivity index (χ4v) is 3.69. The zero-order valence-corrected chi connectivity index (χ0v) is 13.2. The monoisotopic (exact) mass is 329 g/mol. The number of likely N-dealkylation sites (tertiary alicyclic amines) is 1. The Balaban J connectivity index is 1.72. The van der Waals surface area contributed by atoms with Crippen LogP contribution in [-0.2, 0) is 16.5 Å². The number of benzene rings is 1. The summed E-state index contributed by atoms with van der Waals surface area (Å²) in [5, 5.41) is 10.7. The van der Waals surface area contributed by atoms with E-state index < -0.39 is 17.3 Å². The number of hydrogen-bond donors (Lipinski definition) is 1. The van der Waals surface area contributed by atoms with Gasteiger partial charge in [0, 0.05) is 25.1 Å². The summed E-state index contributed by atoms with van der Waals surface area (Å²) in [7, 11) is 0. The number of nitrogens with zero attached hydrogens (tertiary/aromatic N) is 1. The van der Waals surface area contributed by atoms with Crippen LogP contribution < -0.4 is 0 Å². The number of β-amino-alcohol motifs (C(OH)–C–C–N with tert-alkyl or cyclic N) is 1. The van der Waals surface area contributed by atoms with Crippen LogP contribution in [0.1, 0.15) is 30.9 Å². The average molecular weight is 329 g/mol. The van der Waals surface area contributed by atoms with Crippen molar-refractivity contribution in [1.29, 1.82) is 0 Å². The van der Waals surface area contributed by atoms with E-state index in [-0.39, 0.29) is 5.41 Å². The van der Waals surface area contributed by atoms with E-state index in [4.69, 9.17) is 4.74 Å². The fourth-order valence-electron chi connectivity index (χ4n) is 3.69. The minimum Gasteiger partial charge on any atom is -0.384 e. The molecule has 2 saturated heterocycles. The van der Waals surface area contributed by atoms with Gasteiger partial charge in [-0.15, -0.1) is 0 Å². The summed E-state index contributed by atoms with van der Waals surface area (Å²) in [6, 6.07) is 4.98. The molecule has 1 N–H and O–H groups in total. The van der Waals surface area contributed by atoms with Crippen molar-refractivity contribution in [2.75, 3.05) is 32.8 Å². The highest BCUT2D eigenvalue weighted by atomic mass is 19.4. The van der Waals surface area contributed by atoms with Gasteiger partial charge in [-0.05, 0) is 44.0 Å². The minimum atomic E-state index is -4.40. The molecule has 0 aromatic heterocycles. The molecule has 2 fully saturated rings. The van der Waals surface area contributed by atoms with Crippen LogP contribution in [-0.4, -0.2) is 42.9 Å².